The van der Waals surface area contributed by atoms with Gasteiger partial charge in [0.15, 0.2) is 0 Å². The molecule has 2 rings (SSSR count). The zero-order chi connectivity index (χ0) is 14.0. The number of thioether (sulfide) groups is 1. The Morgan fingerprint density at radius 2 is 2.16 bits per heavy atom. The molecule has 3 nitrogen and oxygen atoms in total. The van der Waals surface area contributed by atoms with E-state index in [9.17, 15) is 0 Å². The minimum atomic E-state index is -0.0242. The van der Waals surface area contributed by atoms with E-state index in [-0.39, 0.29) is 10.8 Å². The van der Waals surface area contributed by atoms with Crippen LogP contribution < -0.4 is 15.4 Å². The highest BCUT2D eigenvalue weighted by atomic mass is 32.2. The Labute approximate surface area is 120 Å². The van der Waals surface area contributed by atoms with Gasteiger partial charge < -0.3 is 15.4 Å². The molecule has 1 aliphatic rings. The van der Waals surface area contributed by atoms with E-state index in [1.165, 1.54) is 5.69 Å². The van der Waals surface area contributed by atoms with Crippen molar-refractivity contribution in [2.45, 2.75) is 31.6 Å². The lowest BCUT2D eigenvalue weighted by molar-refractivity contribution is 0.406. The maximum atomic E-state index is 6.15. The summed E-state index contributed by atoms with van der Waals surface area (Å²) in [7, 11) is 1.71. The second-order valence-electron chi connectivity index (χ2n) is 5.71. The summed E-state index contributed by atoms with van der Waals surface area (Å²) in [4.78, 5) is 2.44. The molecule has 0 amide bonds. The molecule has 0 saturated carbocycles. The average Bonchev–Trinajstić information content (AvgIpc) is 2.36. The van der Waals surface area contributed by atoms with Crippen LogP contribution >= 0.6 is 11.8 Å². The van der Waals surface area contributed by atoms with Gasteiger partial charge in [-0.15, -0.1) is 0 Å². The number of anilines is 1. The molecule has 1 saturated heterocycles. The molecule has 4 heteroatoms. The summed E-state index contributed by atoms with van der Waals surface area (Å²) in [6, 6.07) is 6.18. The van der Waals surface area contributed by atoms with Gasteiger partial charge in [-0.25, -0.2) is 0 Å². The fourth-order valence-electron chi connectivity index (χ4n) is 2.67. The first-order valence-corrected chi connectivity index (χ1v) is 7.74. The molecule has 106 valence electrons. The summed E-state index contributed by atoms with van der Waals surface area (Å²) < 4.78 is 5.77. The standard InChI is InChI=1S/C15H24N2OS/c1-11(16)14-12(6-5-7-13(14)18-4)17-8-9-19-15(2,3)10-17/h5-7,11H,8-10,16H2,1-4H3/t11-/m0/s1. The van der Waals surface area contributed by atoms with Crippen LogP contribution in [0, 0.1) is 0 Å². The molecular formula is C15H24N2OS. The molecule has 0 bridgehead atoms. The van der Waals surface area contributed by atoms with Crippen LogP contribution in [0.5, 0.6) is 5.75 Å². The zero-order valence-corrected chi connectivity index (χ0v) is 13.1. The molecule has 1 fully saturated rings. The highest BCUT2D eigenvalue weighted by Gasteiger charge is 2.29. The molecule has 0 radical (unpaired) electrons. The maximum Gasteiger partial charge on any atom is 0.125 e. The van der Waals surface area contributed by atoms with Crippen LogP contribution in [0.25, 0.3) is 0 Å². The Morgan fingerprint density at radius 3 is 2.74 bits per heavy atom. The Morgan fingerprint density at radius 1 is 1.42 bits per heavy atom. The van der Waals surface area contributed by atoms with E-state index >= 15 is 0 Å². The van der Waals surface area contributed by atoms with Crippen LogP contribution in [0.2, 0.25) is 0 Å². The Balaban J connectivity index is 2.38. The van der Waals surface area contributed by atoms with E-state index in [1.54, 1.807) is 7.11 Å². The van der Waals surface area contributed by atoms with Crippen molar-refractivity contribution in [1.82, 2.24) is 0 Å². The lowest BCUT2D eigenvalue weighted by Gasteiger charge is -2.40. The van der Waals surface area contributed by atoms with Crippen molar-refractivity contribution in [2.24, 2.45) is 5.73 Å². The Kier molecular flexibility index (Phi) is 4.31. The molecule has 0 unspecified atom stereocenters. The Bertz CT molecular complexity index is 446. The van der Waals surface area contributed by atoms with Gasteiger partial charge in [0.2, 0.25) is 0 Å². The molecule has 1 aromatic rings. The van der Waals surface area contributed by atoms with E-state index in [0.29, 0.717) is 0 Å². The summed E-state index contributed by atoms with van der Waals surface area (Å²) in [5.41, 5.74) is 8.50. The summed E-state index contributed by atoms with van der Waals surface area (Å²) in [5, 5.41) is 0. The predicted molar refractivity (Wildman–Crippen MR) is 84.3 cm³/mol. The minimum Gasteiger partial charge on any atom is -0.496 e. The van der Waals surface area contributed by atoms with E-state index in [0.717, 1.165) is 30.2 Å². The van der Waals surface area contributed by atoms with Gasteiger partial charge in [-0.2, -0.15) is 11.8 Å². The molecule has 2 N–H and O–H groups in total. The van der Waals surface area contributed by atoms with Crippen molar-refractivity contribution in [3.8, 4) is 5.75 Å². The monoisotopic (exact) mass is 280 g/mol. The summed E-state index contributed by atoms with van der Waals surface area (Å²) >= 11 is 2.04. The molecule has 0 aromatic heterocycles. The zero-order valence-electron chi connectivity index (χ0n) is 12.3. The van der Waals surface area contributed by atoms with Crippen LogP contribution in [-0.4, -0.2) is 30.7 Å². The van der Waals surface area contributed by atoms with Gasteiger partial charge >= 0.3 is 0 Å². The topological polar surface area (TPSA) is 38.5 Å². The van der Waals surface area contributed by atoms with Crippen molar-refractivity contribution in [2.75, 3.05) is 30.9 Å². The highest BCUT2D eigenvalue weighted by molar-refractivity contribution is 8.00. The number of ether oxygens (including phenoxy) is 1. The van der Waals surface area contributed by atoms with Gasteiger partial charge in [-0.1, -0.05) is 6.07 Å². The number of nitrogens with two attached hydrogens (primary N) is 1. The van der Waals surface area contributed by atoms with E-state index in [1.807, 2.05) is 24.8 Å². The molecular weight excluding hydrogens is 256 g/mol. The van der Waals surface area contributed by atoms with Gasteiger partial charge in [0.1, 0.15) is 5.75 Å². The Hall–Kier alpha value is -0.870. The number of methoxy groups -OCH3 is 1. The molecule has 0 aliphatic carbocycles. The minimum absolute atomic E-state index is 0.0242. The normalized spacial score (nSPS) is 20.2. The molecule has 19 heavy (non-hydrogen) atoms. The van der Waals surface area contributed by atoms with Gasteiger partial charge in [0.25, 0.3) is 0 Å². The largest absolute Gasteiger partial charge is 0.496 e. The first-order chi connectivity index (χ1) is 8.94. The quantitative estimate of drug-likeness (QED) is 0.923. The molecule has 1 aromatic carbocycles. The van der Waals surface area contributed by atoms with Crippen LogP contribution in [-0.2, 0) is 0 Å². The predicted octanol–water partition coefficient (Wildman–Crippen LogP) is 3.05. The van der Waals surface area contributed by atoms with Crippen molar-refractivity contribution in [1.29, 1.82) is 0 Å². The van der Waals surface area contributed by atoms with Crippen molar-refractivity contribution >= 4 is 17.4 Å². The third kappa shape index (κ3) is 3.18. The van der Waals surface area contributed by atoms with Crippen molar-refractivity contribution in [3.63, 3.8) is 0 Å². The van der Waals surface area contributed by atoms with Crippen molar-refractivity contribution < 1.29 is 4.74 Å². The van der Waals surface area contributed by atoms with Gasteiger partial charge in [-0.3, -0.25) is 0 Å². The average molecular weight is 280 g/mol. The van der Waals surface area contributed by atoms with Gasteiger partial charge in [0, 0.05) is 40.9 Å². The van der Waals surface area contributed by atoms with Crippen LogP contribution in [0.3, 0.4) is 0 Å². The smallest absolute Gasteiger partial charge is 0.125 e. The number of hydrogen-bond donors (Lipinski definition) is 1. The highest BCUT2D eigenvalue weighted by Crippen LogP contribution is 2.38. The van der Waals surface area contributed by atoms with Crippen LogP contribution in [0.15, 0.2) is 18.2 Å². The summed E-state index contributed by atoms with van der Waals surface area (Å²) in [6.07, 6.45) is 0. The SMILES string of the molecule is COc1cccc(N2CCSC(C)(C)C2)c1[C@H](C)N. The summed E-state index contributed by atoms with van der Waals surface area (Å²) in [6.45, 7) is 8.74. The van der Waals surface area contributed by atoms with Crippen molar-refractivity contribution in [3.05, 3.63) is 23.8 Å². The van der Waals surface area contributed by atoms with Crippen LogP contribution in [0.4, 0.5) is 5.69 Å². The lowest BCUT2D eigenvalue weighted by atomic mass is 10.0. The third-order valence-corrected chi connectivity index (χ3v) is 4.78. The van der Waals surface area contributed by atoms with Gasteiger partial charge in [0.05, 0.1) is 7.11 Å². The number of benzene rings is 1. The molecule has 1 heterocycles. The lowest BCUT2D eigenvalue weighted by Crippen LogP contribution is -2.43. The van der Waals surface area contributed by atoms with E-state index in [2.05, 4.69) is 30.9 Å². The third-order valence-electron chi connectivity index (χ3n) is 3.48. The molecule has 1 aliphatic heterocycles. The van der Waals surface area contributed by atoms with Gasteiger partial charge in [-0.05, 0) is 32.9 Å². The fourth-order valence-corrected chi connectivity index (χ4v) is 3.78. The molecule has 0 spiro atoms. The number of rotatable bonds is 3. The maximum absolute atomic E-state index is 6.15. The fraction of sp³-hybridized carbons (Fsp3) is 0.600. The van der Waals surface area contributed by atoms with E-state index in [4.69, 9.17) is 10.5 Å². The second kappa shape index (κ2) is 5.63. The van der Waals surface area contributed by atoms with E-state index < -0.39 is 0 Å². The molecule has 1 atom stereocenters. The summed E-state index contributed by atoms with van der Waals surface area (Å²) in [5.74, 6) is 2.05. The first-order valence-electron chi connectivity index (χ1n) is 6.76. The number of nitrogens with zero attached hydrogens (tertiary/aromatic N) is 1. The first kappa shape index (κ1) is 14.5. The number of hydrogen-bond acceptors (Lipinski definition) is 4. The second-order valence-corrected chi connectivity index (χ2v) is 7.51. The van der Waals surface area contributed by atoms with Crippen LogP contribution in [0.1, 0.15) is 32.4 Å².